The number of hydrogen-bond donors (Lipinski definition) is 1. The Morgan fingerprint density at radius 3 is 2.53 bits per heavy atom. The number of rotatable bonds is 2. The zero-order valence-corrected chi connectivity index (χ0v) is 10.1. The van der Waals surface area contributed by atoms with Gasteiger partial charge in [0, 0.05) is 6.07 Å². The molecule has 0 aliphatic heterocycles. The summed E-state index contributed by atoms with van der Waals surface area (Å²) >= 11 is 11.8. The third kappa shape index (κ3) is 2.62. The Labute approximate surface area is 108 Å². The Balaban J connectivity index is 2.35. The average molecular weight is 272 g/mol. The van der Waals surface area contributed by atoms with Crippen molar-refractivity contribution in [2.24, 2.45) is 0 Å². The van der Waals surface area contributed by atoms with Gasteiger partial charge >= 0.3 is 0 Å². The lowest BCUT2D eigenvalue weighted by Crippen LogP contribution is -1.93. The van der Waals surface area contributed by atoms with Crippen molar-refractivity contribution in [2.75, 3.05) is 5.73 Å². The van der Waals surface area contributed by atoms with Gasteiger partial charge in [-0.2, -0.15) is 0 Å². The molecule has 88 valence electrons. The monoisotopic (exact) mass is 271 g/mol. The van der Waals surface area contributed by atoms with Crippen LogP contribution in [0.1, 0.15) is 0 Å². The molecule has 0 spiro atoms. The number of ether oxygens (including phenoxy) is 1. The second-order valence-corrected chi connectivity index (χ2v) is 4.12. The van der Waals surface area contributed by atoms with Crippen molar-refractivity contribution < 1.29 is 9.13 Å². The number of nitrogens with two attached hydrogens (primary N) is 1. The van der Waals surface area contributed by atoms with E-state index < -0.39 is 5.82 Å². The molecule has 0 unspecified atom stereocenters. The first-order valence-corrected chi connectivity index (χ1v) is 5.50. The predicted octanol–water partition coefficient (Wildman–Crippen LogP) is 4.51. The zero-order chi connectivity index (χ0) is 12.4. The Morgan fingerprint density at radius 2 is 1.82 bits per heavy atom. The maximum atomic E-state index is 12.8. The lowest BCUT2D eigenvalue weighted by atomic mass is 10.3. The highest BCUT2D eigenvalue weighted by atomic mass is 35.5. The number of halogens is 3. The summed E-state index contributed by atoms with van der Waals surface area (Å²) in [5, 5.41) is 0.669. The van der Waals surface area contributed by atoms with Gasteiger partial charge in [0.2, 0.25) is 0 Å². The summed E-state index contributed by atoms with van der Waals surface area (Å²) in [6.45, 7) is 0. The largest absolute Gasteiger partial charge is 0.454 e. The lowest BCUT2D eigenvalue weighted by molar-refractivity contribution is 0.483. The number of hydrogen-bond acceptors (Lipinski definition) is 2. The van der Waals surface area contributed by atoms with E-state index in [-0.39, 0.29) is 10.7 Å². The normalized spacial score (nSPS) is 10.3. The summed E-state index contributed by atoms with van der Waals surface area (Å²) in [6.07, 6.45) is 0. The van der Waals surface area contributed by atoms with E-state index in [0.717, 1.165) is 0 Å². The molecule has 0 aromatic heterocycles. The molecule has 0 fully saturated rings. The van der Waals surface area contributed by atoms with Gasteiger partial charge in [-0.1, -0.05) is 29.3 Å². The van der Waals surface area contributed by atoms with Crippen LogP contribution in [0, 0.1) is 5.82 Å². The van der Waals surface area contributed by atoms with Crippen molar-refractivity contribution in [3.63, 3.8) is 0 Å². The van der Waals surface area contributed by atoms with Crippen molar-refractivity contribution in [1.82, 2.24) is 0 Å². The second kappa shape index (κ2) is 4.82. The molecule has 2 N–H and O–H groups in total. The molecule has 0 saturated heterocycles. The highest BCUT2D eigenvalue weighted by molar-refractivity contribution is 6.42. The number of anilines is 1. The summed E-state index contributed by atoms with van der Waals surface area (Å²) in [5.41, 5.74) is 5.81. The Kier molecular flexibility index (Phi) is 3.41. The highest BCUT2D eigenvalue weighted by Crippen LogP contribution is 2.36. The van der Waals surface area contributed by atoms with E-state index in [1.165, 1.54) is 18.2 Å². The molecular weight excluding hydrogens is 264 g/mol. The second-order valence-electron chi connectivity index (χ2n) is 3.34. The first kappa shape index (κ1) is 12.0. The minimum Gasteiger partial charge on any atom is -0.454 e. The zero-order valence-electron chi connectivity index (χ0n) is 8.58. The van der Waals surface area contributed by atoms with Crippen LogP contribution in [0.3, 0.4) is 0 Å². The summed E-state index contributed by atoms with van der Waals surface area (Å²) in [6, 6.07) is 8.85. The van der Waals surface area contributed by atoms with Crippen LogP contribution in [0.5, 0.6) is 11.5 Å². The van der Waals surface area contributed by atoms with Gasteiger partial charge in [0.15, 0.2) is 5.75 Å². The molecule has 0 radical (unpaired) electrons. The SMILES string of the molecule is Nc1cc(F)ccc1Oc1cccc(Cl)c1Cl. The van der Waals surface area contributed by atoms with Gasteiger partial charge in [0.1, 0.15) is 16.6 Å². The van der Waals surface area contributed by atoms with E-state index >= 15 is 0 Å². The van der Waals surface area contributed by atoms with Crippen LogP contribution in [0.15, 0.2) is 36.4 Å². The molecule has 0 atom stereocenters. The minimum atomic E-state index is -0.424. The third-order valence-corrected chi connectivity index (χ3v) is 2.91. The molecule has 0 heterocycles. The summed E-state index contributed by atoms with van der Waals surface area (Å²) in [4.78, 5) is 0. The van der Waals surface area contributed by atoms with Gasteiger partial charge in [0.05, 0.1) is 10.7 Å². The van der Waals surface area contributed by atoms with Crippen LogP contribution in [0.4, 0.5) is 10.1 Å². The molecular formula is C12H8Cl2FNO. The van der Waals surface area contributed by atoms with Gasteiger partial charge in [-0.3, -0.25) is 0 Å². The Morgan fingerprint density at radius 1 is 1.06 bits per heavy atom. The van der Waals surface area contributed by atoms with Gasteiger partial charge in [-0.25, -0.2) is 4.39 Å². The summed E-state index contributed by atoms with van der Waals surface area (Å²) in [7, 11) is 0. The van der Waals surface area contributed by atoms with Crippen LogP contribution in [-0.2, 0) is 0 Å². The topological polar surface area (TPSA) is 35.2 Å². The maximum absolute atomic E-state index is 12.8. The standard InChI is InChI=1S/C12H8Cl2FNO/c13-8-2-1-3-11(12(8)14)17-10-5-4-7(15)6-9(10)16/h1-6H,16H2. The van der Waals surface area contributed by atoms with E-state index in [0.29, 0.717) is 16.5 Å². The van der Waals surface area contributed by atoms with Crippen molar-refractivity contribution in [1.29, 1.82) is 0 Å². The molecule has 2 rings (SSSR count). The van der Waals surface area contributed by atoms with Crippen molar-refractivity contribution in [3.05, 3.63) is 52.3 Å². The van der Waals surface area contributed by atoms with E-state index in [1.54, 1.807) is 18.2 Å². The number of benzene rings is 2. The summed E-state index contributed by atoms with van der Waals surface area (Å²) < 4.78 is 18.3. The van der Waals surface area contributed by atoms with E-state index in [9.17, 15) is 4.39 Å². The van der Waals surface area contributed by atoms with Crippen molar-refractivity contribution >= 4 is 28.9 Å². The van der Waals surface area contributed by atoms with Crippen molar-refractivity contribution in [3.8, 4) is 11.5 Å². The van der Waals surface area contributed by atoms with E-state index in [4.69, 9.17) is 33.7 Å². The Bertz CT molecular complexity index is 560. The fourth-order valence-corrected chi connectivity index (χ4v) is 1.62. The molecule has 0 saturated carbocycles. The van der Waals surface area contributed by atoms with E-state index in [1.807, 2.05) is 0 Å². The van der Waals surface area contributed by atoms with Gasteiger partial charge in [-0.15, -0.1) is 0 Å². The molecule has 0 aliphatic rings. The van der Waals surface area contributed by atoms with Crippen LogP contribution < -0.4 is 10.5 Å². The molecule has 0 amide bonds. The van der Waals surface area contributed by atoms with Crippen LogP contribution in [-0.4, -0.2) is 0 Å². The fourth-order valence-electron chi connectivity index (χ4n) is 1.29. The molecule has 0 aliphatic carbocycles. The summed E-state index contributed by atoms with van der Waals surface area (Å²) in [5.74, 6) is 0.278. The van der Waals surface area contributed by atoms with E-state index in [2.05, 4.69) is 0 Å². The molecule has 2 aromatic carbocycles. The van der Waals surface area contributed by atoms with Gasteiger partial charge < -0.3 is 10.5 Å². The molecule has 17 heavy (non-hydrogen) atoms. The smallest absolute Gasteiger partial charge is 0.150 e. The fraction of sp³-hybridized carbons (Fsp3) is 0. The first-order valence-electron chi connectivity index (χ1n) is 4.75. The van der Waals surface area contributed by atoms with Crippen LogP contribution in [0.2, 0.25) is 10.0 Å². The average Bonchev–Trinajstić information content (AvgIpc) is 2.28. The third-order valence-electron chi connectivity index (χ3n) is 2.11. The predicted molar refractivity (Wildman–Crippen MR) is 67.3 cm³/mol. The lowest BCUT2D eigenvalue weighted by Gasteiger charge is -2.10. The minimum absolute atomic E-state index is 0.195. The molecule has 5 heteroatoms. The molecule has 0 bridgehead atoms. The molecule has 2 aromatic rings. The number of nitrogen functional groups attached to an aromatic ring is 1. The van der Waals surface area contributed by atoms with Crippen molar-refractivity contribution in [2.45, 2.75) is 0 Å². The molecule has 2 nitrogen and oxygen atoms in total. The van der Waals surface area contributed by atoms with Crippen LogP contribution in [0.25, 0.3) is 0 Å². The quantitative estimate of drug-likeness (QED) is 0.816. The highest BCUT2D eigenvalue weighted by Gasteiger charge is 2.08. The first-order chi connectivity index (χ1) is 8.08. The van der Waals surface area contributed by atoms with Gasteiger partial charge in [-0.05, 0) is 24.3 Å². The Hall–Kier alpha value is -1.45. The maximum Gasteiger partial charge on any atom is 0.150 e. The van der Waals surface area contributed by atoms with Crippen LogP contribution >= 0.6 is 23.2 Å². The van der Waals surface area contributed by atoms with Gasteiger partial charge in [0.25, 0.3) is 0 Å².